The SMILES string of the molecule is CN=C(NCC(C1CC1)N(C)C)N1CCN(c2cc(F)ccc2F)CC1. The molecule has 3 rings (SSSR count). The van der Waals surface area contributed by atoms with Gasteiger partial charge in [0.2, 0.25) is 0 Å². The Hall–Kier alpha value is -1.89. The number of rotatable bonds is 5. The van der Waals surface area contributed by atoms with Gasteiger partial charge in [-0.2, -0.15) is 0 Å². The Morgan fingerprint density at radius 1 is 1.23 bits per heavy atom. The normalized spacial score (nSPS) is 19.8. The molecule has 0 spiro atoms. The number of halogens is 2. The highest BCUT2D eigenvalue weighted by Crippen LogP contribution is 2.34. The van der Waals surface area contributed by atoms with Crippen molar-refractivity contribution in [3.63, 3.8) is 0 Å². The first kappa shape index (κ1) is 18.9. The van der Waals surface area contributed by atoms with Crippen molar-refractivity contribution in [2.24, 2.45) is 10.9 Å². The number of hydrogen-bond donors (Lipinski definition) is 1. The highest BCUT2D eigenvalue weighted by atomic mass is 19.1. The van der Waals surface area contributed by atoms with Gasteiger partial charge in [0.25, 0.3) is 0 Å². The van der Waals surface area contributed by atoms with E-state index in [4.69, 9.17) is 0 Å². The molecule has 7 heteroatoms. The summed E-state index contributed by atoms with van der Waals surface area (Å²) in [7, 11) is 6.04. The fourth-order valence-corrected chi connectivity index (χ4v) is 3.67. The Kier molecular flexibility index (Phi) is 5.96. The van der Waals surface area contributed by atoms with Crippen LogP contribution in [0.1, 0.15) is 12.8 Å². The minimum absolute atomic E-state index is 0.342. The summed E-state index contributed by atoms with van der Waals surface area (Å²) in [5, 5.41) is 3.50. The van der Waals surface area contributed by atoms with Crippen LogP contribution >= 0.6 is 0 Å². The largest absolute Gasteiger partial charge is 0.366 e. The summed E-state index contributed by atoms with van der Waals surface area (Å²) in [6.45, 7) is 3.61. The number of guanidine groups is 1. The molecule has 1 aliphatic carbocycles. The number of nitrogens with zero attached hydrogens (tertiary/aromatic N) is 4. The van der Waals surface area contributed by atoms with Gasteiger partial charge in [0, 0.05) is 51.9 Å². The first-order valence-electron chi connectivity index (χ1n) is 9.31. The standard InChI is InChI=1S/C19H29F2N5/c1-22-19(23-13-18(24(2)3)14-4-5-14)26-10-8-25(9-11-26)17-12-15(20)6-7-16(17)21/h6-7,12,14,18H,4-5,8-11,13H2,1-3H3,(H,22,23). The van der Waals surface area contributed by atoms with Crippen molar-refractivity contribution in [3.8, 4) is 0 Å². The molecule has 0 radical (unpaired) electrons. The topological polar surface area (TPSA) is 34.1 Å². The molecular weight excluding hydrogens is 336 g/mol. The molecule has 1 unspecified atom stereocenters. The monoisotopic (exact) mass is 365 g/mol. The molecule has 1 heterocycles. The molecule has 1 aliphatic heterocycles. The highest BCUT2D eigenvalue weighted by molar-refractivity contribution is 5.80. The van der Waals surface area contributed by atoms with Gasteiger partial charge >= 0.3 is 0 Å². The van der Waals surface area contributed by atoms with Crippen LogP contribution in [0.25, 0.3) is 0 Å². The summed E-state index contributed by atoms with van der Waals surface area (Å²) in [5.41, 5.74) is 0.342. The Labute approximate surface area is 154 Å². The molecule has 26 heavy (non-hydrogen) atoms. The van der Waals surface area contributed by atoms with Gasteiger partial charge in [-0.25, -0.2) is 8.78 Å². The molecule has 0 bridgehead atoms. The van der Waals surface area contributed by atoms with Crippen LogP contribution in [0.2, 0.25) is 0 Å². The number of likely N-dealkylation sites (N-methyl/N-ethyl adjacent to an activating group) is 1. The zero-order chi connectivity index (χ0) is 18.7. The van der Waals surface area contributed by atoms with E-state index in [1.54, 1.807) is 7.05 Å². The van der Waals surface area contributed by atoms with E-state index in [0.717, 1.165) is 37.6 Å². The molecule has 1 atom stereocenters. The van der Waals surface area contributed by atoms with Gasteiger partial charge in [-0.05, 0) is 45.0 Å². The summed E-state index contributed by atoms with van der Waals surface area (Å²) in [4.78, 5) is 10.8. The van der Waals surface area contributed by atoms with Crippen LogP contribution in [0.3, 0.4) is 0 Å². The second-order valence-electron chi connectivity index (χ2n) is 7.37. The van der Waals surface area contributed by atoms with Gasteiger partial charge < -0.3 is 20.0 Å². The van der Waals surface area contributed by atoms with Crippen LogP contribution in [0.15, 0.2) is 23.2 Å². The minimum Gasteiger partial charge on any atom is -0.366 e. The van der Waals surface area contributed by atoms with Gasteiger partial charge in [-0.15, -0.1) is 0 Å². The van der Waals surface area contributed by atoms with Gasteiger partial charge in [0.1, 0.15) is 11.6 Å². The van der Waals surface area contributed by atoms with Crippen molar-refractivity contribution in [1.82, 2.24) is 15.1 Å². The Morgan fingerprint density at radius 3 is 2.50 bits per heavy atom. The molecule has 144 valence electrons. The van der Waals surface area contributed by atoms with Crippen LogP contribution < -0.4 is 10.2 Å². The summed E-state index contributed by atoms with van der Waals surface area (Å²) < 4.78 is 27.4. The van der Waals surface area contributed by atoms with Crippen molar-refractivity contribution >= 4 is 11.6 Å². The van der Waals surface area contributed by atoms with Crippen molar-refractivity contribution in [2.75, 3.05) is 58.8 Å². The molecule has 1 saturated heterocycles. The number of anilines is 1. The van der Waals surface area contributed by atoms with Crippen LogP contribution in [-0.2, 0) is 0 Å². The van der Waals surface area contributed by atoms with E-state index in [0.29, 0.717) is 24.8 Å². The second kappa shape index (κ2) is 8.20. The number of piperazine rings is 1. The van der Waals surface area contributed by atoms with Crippen LogP contribution in [0, 0.1) is 17.6 Å². The molecule has 1 saturated carbocycles. The van der Waals surface area contributed by atoms with Gasteiger partial charge in [-0.3, -0.25) is 4.99 Å². The lowest BCUT2D eigenvalue weighted by atomic mass is 10.1. The minimum atomic E-state index is -0.406. The lowest BCUT2D eigenvalue weighted by Crippen LogP contribution is -2.54. The first-order valence-corrected chi connectivity index (χ1v) is 9.31. The molecule has 2 aliphatic rings. The van der Waals surface area contributed by atoms with E-state index in [9.17, 15) is 8.78 Å². The average Bonchev–Trinajstić information content (AvgIpc) is 3.46. The van der Waals surface area contributed by atoms with E-state index in [-0.39, 0.29) is 5.82 Å². The van der Waals surface area contributed by atoms with Crippen LogP contribution in [0.4, 0.5) is 14.5 Å². The zero-order valence-corrected chi connectivity index (χ0v) is 15.9. The number of benzene rings is 1. The number of hydrogen-bond acceptors (Lipinski definition) is 3. The summed E-state index contributed by atoms with van der Waals surface area (Å²) >= 11 is 0. The molecule has 1 aromatic carbocycles. The van der Waals surface area contributed by atoms with Gasteiger partial charge in [-0.1, -0.05) is 0 Å². The predicted molar refractivity (Wildman–Crippen MR) is 102 cm³/mol. The number of aliphatic imine (C=N–C) groups is 1. The molecule has 0 aromatic heterocycles. The van der Waals surface area contributed by atoms with E-state index in [2.05, 4.69) is 34.2 Å². The first-order chi connectivity index (χ1) is 12.5. The Balaban J connectivity index is 1.55. The third kappa shape index (κ3) is 4.44. The van der Waals surface area contributed by atoms with E-state index >= 15 is 0 Å². The van der Waals surface area contributed by atoms with Crippen LogP contribution in [-0.4, -0.2) is 75.7 Å². The number of nitrogens with one attached hydrogen (secondary N) is 1. The Morgan fingerprint density at radius 2 is 1.92 bits per heavy atom. The maximum atomic E-state index is 14.0. The quantitative estimate of drug-likeness (QED) is 0.639. The lowest BCUT2D eigenvalue weighted by molar-refractivity contribution is 0.260. The predicted octanol–water partition coefficient (Wildman–Crippen LogP) is 2.00. The van der Waals surface area contributed by atoms with Crippen LogP contribution in [0.5, 0.6) is 0 Å². The molecule has 0 amide bonds. The maximum absolute atomic E-state index is 14.0. The molecule has 5 nitrogen and oxygen atoms in total. The molecule has 1 N–H and O–H groups in total. The molecule has 2 fully saturated rings. The van der Waals surface area contributed by atoms with Crippen molar-refractivity contribution in [1.29, 1.82) is 0 Å². The average molecular weight is 365 g/mol. The van der Waals surface area contributed by atoms with Gasteiger partial charge in [0.05, 0.1) is 5.69 Å². The fourth-order valence-electron chi connectivity index (χ4n) is 3.67. The fraction of sp³-hybridized carbons (Fsp3) is 0.632. The third-order valence-electron chi connectivity index (χ3n) is 5.34. The Bertz CT molecular complexity index is 635. The van der Waals surface area contributed by atoms with E-state index in [1.807, 2.05) is 4.90 Å². The molecular formula is C19H29F2N5. The summed E-state index contributed by atoms with van der Waals surface area (Å²) in [5.74, 6) is 0.886. The second-order valence-corrected chi connectivity index (χ2v) is 7.37. The highest BCUT2D eigenvalue weighted by Gasteiger charge is 2.33. The van der Waals surface area contributed by atoms with Gasteiger partial charge in [0.15, 0.2) is 5.96 Å². The zero-order valence-electron chi connectivity index (χ0n) is 15.9. The summed E-state index contributed by atoms with van der Waals surface area (Å²) in [6, 6.07) is 4.14. The molecule has 1 aromatic rings. The third-order valence-corrected chi connectivity index (χ3v) is 5.34. The smallest absolute Gasteiger partial charge is 0.193 e. The maximum Gasteiger partial charge on any atom is 0.193 e. The summed E-state index contributed by atoms with van der Waals surface area (Å²) in [6.07, 6.45) is 2.61. The van der Waals surface area contributed by atoms with E-state index < -0.39 is 5.82 Å². The lowest BCUT2D eigenvalue weighted by Gasteiger charge is -2.38. The van der Waals surface area contributed by atoms with Crippen molar-refractivity contribution in [2.45, 2.75) is 18.9 Å². The van der Waals surface area contributed by atoms with Crippen molar-refractivity contribution in [3.05, 3.63) is 29.8 Å². The van der Waals surface area contributed by atoms with E-state index in [1.165, 1.54) is 25.0 Å². The van der Waals surface area contributed by atoms with Crippen molar-refractivity contribution < 1.29 is 8.78 Å².